The Kier molecular flexibility index (Phi) is 5.04. The third kappa shape index (κ3) is 4.00. The number of benzene rings is 2. The first-order valence-electron chi connectivity index (χ1n) is 7.86. The number of fused-ring (bicyclic) bond motifs is 1. The molecule has 0 fully saturated rings. The maximum Gasteiger partial charge on any atom is 0.234 e. The Morgan fingerprint density at radius 1 is 1.32 bits per heavy atom. The third-order valence-corrected chi connectivity index (χ3v) is 3.87. The molecule has 132 valence electrons. The highest BCUT2D eigenvalue weighted by molar-refractivity contribution is 5.79. The lowest BCUT2D eigenvalue weighted by Gasteiger charge is -2.14. The fourth-order valence-electron chi connectivity index (χ4n) is 2.43. The number of carbonyl (C=O) groups is 1. The van der Waals surface area contributed by atoms with Gasteiger partial charge in [0, 0.05) is 12.1 Å². The number of ether oxygens (including phenoxy) is 3. The van der Waals surface area contributed by atoms with Crippen molar-refractivity contribution in [2.75, 3.05) is 6.79 Å². The topological polar surface area (TPSA) is 82.8 Å². The number of rotatable bonds is 7. The molecule has 1 unspecified atom stereocenters. The van der Waals surface area contributed by atoms with Crippen LogP contribution in [0.3, 0.4) is 0 Å². The maximum atomic E-state index is 13.2. The number of nitrogens with two attached hydrogens (primary N) is 1. The summed E-state index contributed by atoms with van der Waals surface area (Å²) < 4.78 is 30.0. The molecule has 1 aliphatic heterocycles. The van der Waals surface area contributed by atoms with Gasteiger partial charge in [0.1, 0.15) is 12.4 Å². The van der Waals surface area contributed by atoms with Crippen LogP contribution < -0.4 is 25.3 Å². The van der Waals surface area contributed by atoms with Gasteiger partial charge in [-0.05, 0) is 30.7 Å². The van der Waals surface area contributed by atoms with Crippen LogP contribution in [0.1, 0.15) is 18.1 Å². The summed E-state index contributed by atoms with van der Waals surface area (Å²) in [6.07, 6.45) is 0. The van der Waals surface area contributed by atoms with Crippen molar-refractivity contribution >= 4 is 5.91 Å². The zero-order chi connectivity index (χ0) is 17.8. The Balaban J connectivity index is 1.72. The van der Waals surface area contributed by atoms with Crippen molar-refractivity contribution in [2.24, 2.45) is 5.73 Å². The third-order valence-electron chi connectivity index (χ3n) is 3.87. The van der Waals surface area contributed by atoms with E-state index in [0.717, 1.165) is 5.56 Å². The first kappa shape index (κ1) is 17.0. The van der Waals surface area contributed by atoms with Crippen LogP contribution in [-0.2, 0) is 17.9 Å². The number of hydrogen-bond donors (Lipinski definition) is 2. The van der Waals surface area contributed by atoms with Gasteiger partial charge in [-0.2, -0.15) is 0 Å². The minimum absolute atomic E-state index is 0.0913. The fourth-order valence-corrected chi connectivity index (χ4v) is 2.43. The Labute approximate surface area is 144 Å². The standard InChI is InChI=1S/C18H19FN2O4/c1-11(18(20)22)21-8-13-5-6-15(17-16(13)24-10-25-17)23-9-12-3-2-4-14(19)7-12/h2-7,11,21H,8-10H2,1H3,(H2,20,22). The first-order chi connectivity index (χ1) is 12.0. The van der Waals surface area contributed by atoms with Crippen LogP contribution >= 0.6 is 0 Å². The van der Waals surface area contributed by atoms with Crippen molar-refractivity contribution < 1.29 is 23.4 Å². The molecular formula is C18H19FN2O4. The molecule has 0 spiro atoms. The fraction of sp³-hybridized carbons (Fsp3) is 0.278. The number of hydrogen-bond acceptors (Lipinski definition) is 5. The highest BCUT2D eigenvalue weighted by Gasteiger charge is 2.23. The molecule has 0 saturated heterocycles. The lowest BCUT2D eigenvalue weighted by molar-refractivity contribution is -0.119. The van der Waals surface area contributed by atoms with Crippen LogP contribution in [-0.4, -0.2) is 18.7 Å². The van der Waals surface area contributed by atoms with Crippen molar-refractivity contribution in [1.29, 1.82) is 0 Å². The Hall–Kier alpha value is -2.80. The van der Waals surface area contributed by atoms with Crippen molar-refractivity contribution in [1.82, 2.24) is 5.32 Å². The lowest BCUT2D eigenvalue weighted by atomic mass is 10.1. The van der Waals surface area contributed by atoms with Gasteiger partial charge >= 0.3 is 0 Å². The van der Waals surface area contributed by atoms with E-state index < -0.39 is 11.9 Å². The first-order valence-corrected chi connectivity index (χ1v) is 7.86. The predicted molar refractivity (Wildman–Crippen MR) is 88.8 cm³/mol. The molecule has 7 heteroatoms. The Morgan fingerprint density at radius 3 is 2.88 bits per heavy atom. The van der Waals surface area contributed by atoms with Gasteiger partial charge in [0.25, 0.3) is 0 Å². The number of carbonyl (C=O) groups excluding carboxylic acids is 1. The second-order valence-corrected chi connectivity index (χ2v) is 5.71. The summed E-state index contributed by atoms with van der Waals surface area (Å²) >= 11 is 0. The van der Waals surface area contributed by atoms with Crippen LogP contribution in [0.15, 0.2) is 36.4 Å². The van der Waals surface area contributed by atoms with Gasteiger partial charge in [0.05, 0.1) is 6.04 Å². The average molecular weight is 346 g/mol. The van der Waals surface area contributed by atoms with E-state index in [9.17, 15) is 9.18 Å². The van der Waals surface area contributed by atoms with Gasteiger partial charge in [0.15, 0.2) is 11.5 Å². The molecule has 0 aromatic heterocycles. The van der Waals surface area contributed by atoms with E-state index in [1.54, 1.807) is 25.1 Å². The molecule has 0 aliphatic carbocycles. The summed E-state index contributed by atoms with van der Waals surface area (Å²) in [5.41, 5.74) is 6.79. The maximum absolute atomic E-state index is 13.2. The molecule has 1 aliphatic rings. The second-order valence-electron chi connectivity index (χ2n) is 5.71. The van der Waals surface area contributed by atoms with E-state index in [-0.39, 0.29) is 19.2 Å². The molecule has 3 rings (SSSR count). The van der Waals surface area contributed by atoms with Crippen molar-refractivity contribution in [3.63, 3.8) is 0 Å². The van der Waals surface area contributed by atoms with Crippen molar-refractivity contribution in [3.8, 4) is 17.2 Å². The zero-order valence-corrected chi connectivity index (χ0v) is 13.8. The summed E-state index contributed by atoms with van der Waals surface area (Å²) in [5.74, 6) is 0.853. The van der Waals surface area contributed by atoms with Gasteiger partial charge in [0.2, 0.25) is 18.4 Å². The predicted octanol–water partition coefficient (Wildman–Crippen LogP) is 2.10. The Morgan fingerprint density at radius 2 is 2.12 bits per heavy atom. The van der Waals surface area contributed by atoms with E-state index in [4.69, 9.17) is 19.9 Å². The molecule has 2 aromatic carbocycles. The van der Waals surface area contributed by atoms with Crippen molar-refractivity contribution in [2.45, 2.75) is 26.1 Å². The largest absolute Gasteiger partial charge is 0.485 e. The minimum Gasteiger partial charge on any atom is -0.485 e. The summed E-state index contributed by atoms with van der Waals surface area (Å²) in [4.78, 5) is 11.1. The van der Waals surface area contributed by atoms with Crippen molar-refractivity contribution in [3.05, 3.63) is 53.3 Å². The molecule has 6 nitrogen and oxygen atoms in total. The highest BCUT2D eigenvalue weighted by atomic mass is 19.1. The SMILES string of the molecule is CC(NCc1ccc(OCc2cccc(F)c2)c2c1OCO2)C(N)=O. The number of amides is 1. The lowest BCUT2D eigenvalue weighted by Crippen LogP contribution is -2.38. The molecule has 0 radical (unpaired) electrons. The monoisotopic (exact) mass is 346 g/mol. The van der Waals surface area contributed by atoms with Crippen LogP contribution in [0, 0.1) is 5.82 Å². The molecule has 1 heterocycles. The van der Waals surface area contributed by atoms with E-state index in [1.807, 2.05) is 6.07 Å². The minimum atomic E-state index is -0.457. The summed E-state index contributed by atoms with van der Waals surface area (Å²) in [6, 6.07) is 9.35. The highest BCUT2D eigenvalue weighted by Crippen LogP contribution is 2.43. The zero-order valence-electron chi connectivity index (χ0n) is 13.8. The summed E-state index contributed by atoms with van der Waals surface area (Å²) in [5, 5.41) is 3.02. The molecule has 0 saturated carbocycles. The molecule has 1 atom stereocenters. The van der Waals surface area contributed by atoms with Gasteiger partial charge in [-0.25, -0.2) is 4.39 Å². The van der Waals surface area contributed by atoms with Crippen LogP contribution in [0.5, 0.6) is 17.2 Å². The normalized spacial score (nSPS) is 13.5. The molecule has 2 aromatic rings. The smallest absolute Gasteiger partial charge is 0.234 e. The van der Waals surface area contributed by atoms with Crippen LogP contribution in [0.25, 0.3) is 0 Å². The number of halogens is 1. The molecule has 1 amide bonds. The Bertz CT molecular complexity index is 782. The van der Waals surface area contributed by atoms with E-state index >= 15 is 0 Å². The number of primary amides is 1. The van der Waals surface area contributed by atoms with Gasteiger partial charge < -0.3 is 25.3 Å². The van der Waals surface area contributed by atoms with Gasteiger partial charge in [-0.15, -0.1) is 0 Å². The molecule has 25 heavy (non-hydrogen) atoms. The van der Waals surface area contributed by atoms with E-state index in [1.165, 1.54) is 12.1 Å². The van der Waals surface area contributed by atoms with Gasteiger partial charge in [-0.3, -0.25) is 4.79 Å². The molecule has 0 bridgehead atoms. The van der Waals surface area contributed by atoms with E-state index in [2.05, 4.69) is 5.32 Å². The van der Waals surface area contributed by atoms with Crippen LogP contribution in [0.4, 0.5) is 4.39 Å². The van der Waals surface area contributed by atoms with Crippen LogP contribution in [0.2, 0.25) is 0 Å². The second kappa shape index (κ2) is 7.40. The average Bonchev–Trinajstić information content (AvgIpc) is 3.08. The quantitative estimate of drug-likeness (QED) is 0.802. The summed E-state index contributed by atoms with van der Waals surface area (Å²) in [6.45, 7) is 2.40. The molecular weight excluding hydrogens is 327 g/mol. The van der Waals surface area contributed by atoms with E-state index in [0.29, 0.717) is 29.4 Å². The van der Waals surface area contributed by atoms with Gasteiger partial charge in [-0.1, -0.05) is 18.2 Å². The number of nitrogens with one attached hydrogen (secondary N) is 1. The molecule has 3 N–H and O–H groups in total. The summed E-state index contributed by atoms with van der Waals surface area (Å²) in [7, 11) is 0.